The standard InChI is InChI=1S/C8H7FO.C8H8N2/c1-6-2-3-7(5-10)8(9)4-6;1-10-6-9-7-4-2-3-5-8(7)10/h2-5H,1H3;2-6H,1H3. The number of hydrogen-bond acceptors (Lipinski definition) is 2. The first-order chi connectivity index (χ1) is 9.61. The normalized spacial score (nSPS) is 9.95. The van der Waals surface area contributed by atoms with Crippen molar-refractivity contribution in [2.45, 2.75) is 6.92 Å². The van der Waals surface area contributed by atoms with Gasteiger partial charge in [-0.25, -0.2) is 9.37 Å². The number of benzene rings is 2. The number of aryl methyl sites for hydroxylation is 2. The highest BCUT2D eigenvalue weighted by molar-refractivity contribution is 5.75. The van der Waals surface area contributed by atoms with Crippen LogP contribution in [0.3, 0.4) is 0 Å². The number of halogens is 1. The second-order valence-electron chi connectivity index (χ2n) is 4.49. The predicted molar refractivity (Wildman–Crippen MR) is 77.2 cm³/mol. The molecule has 0 unspecified atom stereocenters. The van der Waals surface area contributed by atoms with Crippen molar-refractivity contribution in [3.63, 3.8) is 0 Å². The van der Waals surface area contributed by atoms with E-state index in [9.17, 15) is 9.18 Å². The number of imidazole rings is 1. The summed E-state index contributed by atoms with van der Waals surface area (Å²) in [5, 5.41) is 0. The molecule has 0 aliphatic carbocycles. The number of rotatable bonds is 1. The van der Waals surface area contributed by atoms with Crippen LogP contribution < -0.4 is 0 Å². The van der Waals surface area contributed by atoms with E-state index in [1.807, 2.05) is 36.1 Å². The SMILES string of the molecule is Cc1ccc(C=O)c(F)c1.Cn1cnc2ccccc21. The molecule has 0 saturated heterocycles. The number of aldehydes is 1. The van der Waals surface area contributed by atoms with Crippen LogP contribution in [-0.2, 0) is 7.05 Å². The van der Waals surface area contributed by atoms with E-state index in [-0.39, 0.29) is 5.56 Å². The van der Waals surface area contributed by atoms with Crippen molar-refractivity contribution >= 4 is 17.3 Å². The Morgan fingerprint density at radius 1 is 1.20 bits per heavy atom. The lowest BCUT2D eigenvalue weighted by Crippen LogP contribution is -1.86. The van der Waals surface area contributed by atoms with Crippen molar-refractivity contribution in [3.8, 4) is 0 Å². The topological polar surface area (TPSA) is 34.9 Å². The van der Waals surface area contributed by atoms with Gasteiger partial charge in [0, 0.05) is 7.05 Å². The summed E-state index contributed by atoms with van der Waals surface area (Å²) in [5.41, 5.74) is 3.18. The average Bonchev–Trinajstić information content (AvgIpc) is 2.82. The summed E-state index contributed by atoms with van der Waals surface area (Å²) in [6.07, 6.45) is 2.33. The van der Waals surface area contributed by atoms with Crippen molar-refractivity contribution in [1.29, 1.82) is 0 Å². The van der Waals surface area contributed by atoms with Gasteiger partial charge in [0.1, 0.15) is 5.82 Å². The zero-order valence-corrected chi connectivity index (χ0v) is 11.4. The molecule has 0 radical (unpaired) electrons. The second-order valence-corrected chi connectivity index (χ2v) is 4.49. The molecule has 0 N–H and O–H groups in total. The molecule has 1 aromatic heterocycles. The van der Waals surface area contributed by atoms with Gasteiger partial charge in [-0.1, -0.05) is 18.2 Å². The fourth-order valence-electron chi connectivity index (χ4n) is 1.81. The molecule has 20 heavy (non-hydrogen) atoms. The summed E-state index contributed by atoms with van der Waals surface area (Å²) < 4.78 is 14.6. The minimum Gasteiger partial charge on any atom is -0.334 e. The fraction of sp³-hybridized carbons (Fsp3) is 0.125. The van der Waals surface area contributed by atoms with Gasteiger partial charge in [-0.15, -0.1) is 0 Å². The van der Waals surface area contributed by atoms with Crippen LogP contribution in [0.1, 0.15) is 15.9 Å². The van der Waals surface area contributed by atoms with Crippen LogP contribution in [0.5, 0.6) is 0 Å². The minimum absolute atomic E-state index is 0.116. The number of carbonyl (C=O) groups excluding carboxylic acids is 1. The highest BCUT2D eigenvalue weighted by Crippen LogP contribution is 2.09. The third-order valence-electron chi connectivity index (χ3n) is 2.91. The molecule has 4 heteroatoms. The maximum Gasteiger partial charge on any atom is 0.152 e. The van der Waals surface area contributed by atoms with E-state index in [1.165, 1.54) is 17.6 Å². The largest absolute Gasteiger partial charge is 0.334 e. The smallest absolute Gasteiger partial charge is 0.152 e. The van der Waals surface area contributed by atoms with Gasteiger partial charge in [0.2, 0.25) is 0 Å². The molecule has 0 aliphatic heterocycles. The summed E-state index contributed by atoms with van der Waals surface area (Å²) in [6, 6.07) is 12.6. The van der Waals surface area contributed by atoms with E-state index < -0.39 is 5.82 Å². The molecule has 3 aromatic rings. The average molecular weight is 270 g/mol. The summed E-state index contributed by atoms with van der Waals surface area (Å²) in [4.78, 5) is 14.3. The second kappa shape index (κ2) is 6.10. The Morgan fingerprint density at radius 3 is 2.60 bits per heavy atom. The van der Waals surface area contributed by atoms with Crippen molar-refractivity contribution in [1.82, 2.24) is 9.55 Å². The summed E-state index contributed by atoms with van der Waals surface area (Å²) in [5.74, 6) is -0.449. The maximum atomic E-state index is 12.6. The Kier molecular flexibility index (Phi) is 4.25. The van der Waals surface area contributed by atoms with Crippen molar-refractivity contribution in [3.05, 3.63) is 65.7 Å². The van der Waals surface area contributed by atoms with Crippen molar-refractivity contribution in [2.75, 3.05) is 0 Å². The number of fused-ring (bicyclic) bond motifs is 1. The number of nitrogens with zero attached hydrogens (tertiary/aromatic N) is 2. The van der Waals surface area contributed by atoms with Gasteiger partial charge in [0.15, 0.2) is 6.29 Å². The Labute approximate surface area is 116 Å². The van der Waals surface area contributed by atoms with Crippen LogP contribution in [0.4, 0.5) is 4.39 Å². The summed E-state index contributed by atoms with van der Waals surface area (Å²) in [7, 11) is 2.00. The van der Waals surface area contributed by atoms with Gasteiger partial charge >= 0.3 is 0 Å². The van der Waals surface area contributed by atoms with Crippen LogP contribution in [-0.4, -0.2) is 15.8 Å². The number of carbonyl (C=O) groups is 1. The van der Waals surface area contributed by atoms with Gasteiger partial charge in [-0.3, -0.25) is 4.79 Å². The molecule has 0 amide bonds. The fourth-order valence-corrected chi connectivity index (χ4v) is 1.81. The first-order valence-corrected chi connectivity index (χ1v) is 6.19. The molecule has 0 spiro atoms. The van der Waals surface area contributed by atoms with E-state index in [4.69, 9.17) is 0 Å². The zero-order chi connectivity index (χ0) is 14.5. The highest BCUT2D eigenvalue weighted by Gasteiger charge is 1.98. The summed E-state index contributed by atoms with van der Waals surface area (Å²) in [6.45, 7) is 1.78. The molecule has 0 saturated carbocycles. The Hall–Kier alpha value is -2.49. The van der Waals surface area contributed by atoms with Crippen LogP contribution in [0, 0.1) is 12.7 Å². The molecule has 0 aliphatic rings. The van der Waals surface area contributed by atoms with Gasteiger partial charge in [-0.05, 0) is 36.8 Å². The van der Waals surface area contributed by atoms with Crippen molar-refractivity contribution < 1.29 is 9.18 Å². The third-order valence-corrected chi connectivity index (χ3v) is 2.91. The Morgan fingerprint density at radius 2 is 1.95 bits per heavy atom. The summed E-state index contributed by atoms with van der Waals surface area (Å²) >= 11 is 0. The molecule has 3 nitrogen and oxygen atoms in total. The number of para-hydroxylation sites is 2. The van der Waals surface area contributed by atoms with E-state index in [0.717, 1.165) is 11.1 Å². The zero-order valence-electron chi connectivity index (χ0n) is 11.4. The number of hydrogen-bond donors (Lipinski definition) is 0. The van der Waals surface area contributed by atoms with Gasteiger partial charge in [0.25, 0.3) is 0 Å². The van der Waals surface area contributed by atoms with Crippen molar-refractivity contribution in [2.24, 2.45) is 7.05 Å². The molecule has 3 rings (SSSR count). The molecule has 0 atom stereocenters. The Bertz CT molecular complexity index is 734. The quantitative estimate of drug-likeness (QED) is 0.634. The lowest BCUT2D eigenvalue weighted by Gasteiger charge is -1.94. The van der Waals surface area contributed by atoms with Crippen LogP contribution in [0.25, 0.3) is 11.0 Å². The van der Waals surface area contributed by atoms with Crippen LogP contribution >= 0.6 is 0 Å². The molecule has 1 heterocycles. The Balaban J connectivity index is 0.000000147. The van der Waals surface area contributed by atoms with E-state index >= 15 is 0 Å². The lowest BCUT2D eigenvalue weighted by atomic mass is 10.1. The highest BCUT2D eigenvalue weighted by atomic mass is 19.1. The first-order valence-electron chi connectivity index (χ1n) is 6.19. The molecule has 102 valence electrons. The van der Waals surface area contributed by atoms with Gasteiger partial charge in [0.05, 0.1) is 22.9 Å². The monoisotopic (exact) mass is 270 g/mol. The van der Waals surface area contributed by atoms with Gasteiger partial charge < -0.3 is 4.57 Å². The third kappa shape index (κ3) is 3.09. The van der Waals surface area contributed by atoms with E-state index in [0.29, 0.717) is 6.29 Å². The molecule has 0 fully saturated rings. The van der Waals surface area contributed by atoms with Crippen LogP contribution in [0.2, 0.25) is 0 Å². The maximum absolute atomic E-state index is 12.6. The number of aromatic nitrogens is 2. The predicted octanol–water partition coefficient (Wildman–Crippen LogP) is 3.52. The molecule has 0 bridgehead atoms. The van der Waals surface area contributed by atoms with E-state index in [1.54, 1.807) is 13.0 Å². The van der Waals surface area contributed by atoms with Gasteiger partial charge in [-0.2, -0.15) is 0 Å². The molecular formula is C16H15FN2O. The van der Waals surface area contributed by atoms with Crippen LogP contribution in [0.15, 0.2) is 48.8 Å². The molecule has 2 aromatic carbocycles. The lowest BCUT2D eigenvalue weighted by molar-refractivity contribution is 0.112. The molecular weight excluding hydrogens is 255 g/mol. The van der Waals surface area contributed by atoms with E-state index in [2.05, 4.69) is 11.1 Å². The minimum atomic E-state index is -0.449. The first kappa shape index (κ1) is 13.9.